The van der Waals surface area contributed by atoms with Crippen molar-refractivity contribution < 1.29 is 14.3 Å². The third-order valence-corrected chi connectivity index (χ3v) is 5.25. The van der Waals surface area contributed by atoms with Crippen molar-refractivity contribution in [3.05, 3.63) is 52.8 Å². The summed E-state index contributed by atoms with van der Waals surface area (Å²) >= 11 is 1.42. The summed E-state index contributed by atoms with van der Waals surface area (Å²) in [6.07, 6.45) is 0. The SMILES string of the molecule is Cc1cc(C)n2nc(SCc3ccccc3C(=O)OCC(=O)C(C)(C)C)nc2n1. The van der Waals surface area contributed by atoms with Gasteiger partial charge in [-0.2, -0.15) is 4.98 Å². The molecule has 0 spiro atoms. The summed E-state index contributed by atoms with van der Waals surface area (Å²) in [5.74, 6) is 0.422. The molecule has 3 aromatic rings. The summed E-state index contributed by atoms with van der Waals surface area (Å²) in [6, 6.07) is 9.14. The highest BCUT2D eigenvalue weighted by Gasteiger charge is 2.23. The molecular weight excluding hydrogens is 388 g/mol. The van der Waals surface area contributed by atoms with Crippen LogP contribution in [0.2, 0.25) is 0 Å². The number of aromatic nitrogens is 4. The summed E-state index contributed by atoms with van der Waals surface area (Å²) in [7, 11) is 0. The summed E-state index contributed by atoms with van der Waals surface area (Å²) in [6.45, 7) is 9.03. The van der Waals surface area contributed by atoms with Crippen molar-refractivity contribution in [3.63, 3.8) is 0 Å². The van der Waals surface area contributed by atoms with Crippen LogP contribution in [0.5, 0.6) is 0 Å². The lowest BCUT2D eigenvalue weighted by Crippen LogP contribution is -2.26. The Hall–Kier alpha value is -2.74. The molecule has 0 aliphatic rings. The van der Waals surface area contributed by atoms with Gasteiger partial charge in [-0.05, 0) is 31.5 Å². The number of fused-ring (bicyclic) bond motifs is 1. The second-order valence-corrected chi connectivity index (χ2v) is 8.78. The molecule has 2 aromatic heterocycles. The van der Waals surface area contributed by atoms with Gasteiger partial charge in [-0.15, -0.1) is 5.10 Å². The molecule has 0 aliphatic carbocycles. The first-order valence-electron chi connectivity index (χ1n) is 9.27. The molecule has 0 bridgehead atoms. The number of ketones is 1. The molecule has 8 heteroatoms. The van der Waals surface area contributed by atoms with E-state index in [9.17, 15) is 9.59 Å². The van der Waals surface area contributed by atoms with E-state index in [-0.39, 0.29) is 12.4 Å². The van der Waals surface area contributed by atoms with Crippen LogP contribution in [0.1, 0.15) is 48.1 Å². The van der Waals surface area contributed by atoms with Crippen LogP contribution in [-0.4, -0.2) is 37.9 Å². The number of thioether (sulfide) groups is 1. The van der Waals surface area contributed by atoms with Crippen LogP contribution in [0, 0.1) is 19.3 Å². The number of esters is 1. The van der Waals surface area contributed by atoms with Crippen molar-refractivity contribution in [1.29, 1.82) is 0 Å². The molecule has 0 radical (unpaired) electrons. The smallest absolute Gasteiger partial charge is 0.338 e. The quantitative estimate of drug-likeness (QED) is 0.449. The maximum absolute atomic E-state index is 12.5. The summed E-state index contributed by atoms with van der Waals surface area (Å²) in [5, 5.41) is 5.06. The molecule has 3 rings (SSSR count). The van der Waals surface area contributed by atoms with E-state index in [1.807, 2.05) is 32.0 Å². The van der Waals surface area contributed by atoms with Crippen LogP contribution in [0.3, 0.4) is 0 Å². The fourth-order valence-corrected chi connectivity index (χ4v) is 3.44. The lowest BCUT2D eigenvalue weighted by Gasteiger charge is -2.16. The topological polar surface area (TPSA) is 86.5 Å². The van der Waals surface area contributed by atoms with E-state index in [0.717, 1.165) is 17.0 Å². The van der Waals surface area contributed by atoms with Gasteiger partial charge < -0.3 is 4.74 Å². The van der Waals surface area contributed by atoms with Gasteiger partial charge >= 0.3 is 5.97 Å². The number of carbonyl (C=O) groups excluding carboxylic acids is 2. The Labute approximate surface area is 173 Å². The molecule has 0 amide bonds. The van der Waals surface area contributed by atoms with Crippen molar-refractivity contribution in [1.82, 2.24) is 19.6 Å². The number of hydrogen-bond donors (Lipinski definition) is 0. The predicted molar refractivity (Wildman–Crippen MR) is 111 cm³/mol. The molecule has 7 nitrogen and oxygen atoms in total. The minimum absolute atomic E-state index is 0.121. The van der Waals surface area contributed by atoms with Crippen molar-refractivity contribution >= 4 is 29.3 Å². The molecule has 0 N–H and O–H groups in total. The van der Waals surface area contributed by atoms with Crippen molar-refractivity contribution in [2.45, 2.75) is 45.5 Å². The van der Waals surface area contributed by atoms with Gasteiger partial charge in [0.2, 0.25) is 5.16 Å². The second-order valence-electron chi connectivity index (χ2n) is 7.84. The summed E-state index contributed by atoms with van der Waals surface area (Å²) in [4.78, 5) is 33.4. The van der Waals surface area contributed by atoms with Gasteiger partial charge in [-0.3, -0.25) is 4.79 Å². The zero-order valence-corrected chi connectivity index (χ0v) is 18.0. The first-order chi connectivity index (χ1) is 13.6. The van der Waals surface area contributed by atoms with Crippen LogP contribution in [0.4, 0.5) is 0 Å². The number of carbonyl (C=O) groups is 2. The maximum Gasteiger partial charge on any atom is 0.338 e. The zero-order valence-electron chi connectivity index (χ0n) is 17.2. The third kappa shape index (κ3) is 5.00. The van der Waals surface area contributed by atoms with Gasteiger partial charge in [0, 0.05) is 22.6 Å². The molecule has 2 heterocycles. The number of ether oxygens (including phenoxy) is 1. The molecular formula is C21H24N4O3S. The number of aryl methyl sites for hydroxylation is 2. The number of nitrogens with zero attached hydrogens (tertiary/aromatic N) is 4. The van der Waals surface area contributed by atoms with Crippen LogP contribution < -0.4 is 0 Å². The second kappa shape index (κ2) is 8.32. The number of Topliss-reactive ketones (excluding diaryl/α,β-unsaturated/α-hetero) is 1. The van der Waals surface area contributed by atoms with Gasteiger partial charge in [0.05, 0.1) is 5.56 Å². The predicted octanol–water partition coefficient (Wildman–Crippen LogP) is 3.81. The van der Waals surface area contributed by atoms with E-state index >= 15 is 0 Å². The van der Waals surface area contributed by atoms with Crippen molar-refractivity contribution in [2.24, 2.45) is 5.41 Å². The fraction of sp³-hybridized carbons (Fsp3) is 0.381. The number of rotatable bonds is 6. The van der Waals surface area contributed by atoms with Crippen molar-refractivity contribution in [3.8, 4) is 0 Å². The highest BCUT2D eigenvalue weighted by atomic mass is 32.2. The Morgan fingerprint density at radius 3 is 2.59 bits per heavy atom. The normalized spacial score (nSPS) is 11.6. The Kier molecular flexibility index (Phi) is 6.02. The first-order valence-corrected chi connectivity index (χ1v) is 10.3. The van der Waals surface area contributed by atoms with Crippen LogP contribution in [0.15, 0.2) is 35.5 Å². The third-order valence-electron chi connectivity index (χ3n) is 4.36. The summed E-state index contributed by atoms with van der Waals surface area (Å²) in [5.41, 5.74) is 2.53. The monoisotopic (exact) mass is 412 g/mol. The highest BCUT2D eigenvalue weighted by Crippen LogP contribution is 2.23. The number of hydrogen-bond acceptors (Lipinski definition) is 7. The Morgan fingerprint density at radius 1 is 1.14 bits per heavy atom. The molecule has 0 saturated carbocycles. The molecule has 0 atom stereocenters. The maximum atomic E-state index is 12.5. The van der Waals surface area contributed by atoms with Gasteiger partial charge in [0.15, 0.2) is 12.4 Å². The largest absolute Gasteiger partial charge is 0.454 e. The fourth-order valence-electron chi connectivity index (χ4n) is 2.62. The highest BCUT2D eigenvalue weighted by molar-refractivity contribution is 7.98. The molecule has 0 saturated heterocycles. The average molecular weight is 413 g/mol. The molecule has 0 unspecified atom stereocenters. The minimum Gasteiger partial charge on any atom is -0.454 e. The van der Waals surface area contributed by atoms with Gasteiger partial charge in [-0.25, -0.2) is 14.3 Å². The van der Waals surface area contributed by atoms with Gasteiger partial charge in [0.25, 0.3) is 5.78 Å². The van der Waals surface area contributed by atoms with Crippen LogP contribution in [-0.2, 0) is 15.3 Å². The Morgan fingerprint density at radius 2 is 1.86 bits per heavy atom. The van der Waals surface area contributed by atoms with Gasteiger partial charge in [0.1, 0.15) is 0 Å². The lowest BCUT2D eigenvalue weighted by atomic mass is 9.91. The molecule has 1 aromatic carbocycles. The van der Waals surface area contributed by atoms with E-state index in [0.29, 0.717) is 22.3 Å². The van der Waals surface area contributed by atoms with Crippen molar-refractivity contribution in [2.75, 3.05) is 6.61 Å². The molecule has 152 valence electrons. The zero-order chi connectivity index (χ0) is 21.2. The van der Waals surface area contributed by atoms with E-state index in [4.69, 9.17) is 4.74 Å². The van der Waals surface area contributed by atoms with E-state index in [2.05, 4.69) is 15.1 Å². The summed E-state index contributed by atoms with van der Waals surface area (Å²) < 4.78 is 6.94. The Balaban J connectivity index is 1.72. The lowest BCUT2D eigenvalue weighted by molar-refractivity contribution is -0.129. The van der Waals surface area contributed by atoms with Gasteiger partial charge in [-0.1, -0.05) is 50.7 Å². The van der Waals surface area contributed by atoms with Crippen LogP contribution >= 0.6 is 11.8 Å². The van der Waals surface area contributed by atoms with E-state index < -0.39 is 11.4 Å². The van der Waals surface area contributed by atoms with E-state index in [1.54, 1.807) is 37.4 Å². The first kappa shape index (κ1) is 21.0. The van der Waals surface area contributed by atoms with Crippen LogP contribution in [0.25, 0.3) is 5.78 Å². The van der Waals surface area contributed by atoms with E-state index in [1.165, 1.54) is 11.8 Å². The average Bonchev–Trinajstić information content (AvgIpc) is 3.06. The Bertz CT molecular complexity index is 1070. The minimum atomic E-state index is -0.547. The number of benzene rings is 1. The standard InChI is InChI=1S/C21H24N4O3S/c1-13-10-14(2)25-19(22-13)23-20(24-25)29-12-15-8-6-7-9-16(15)18(27)28-11-17(26)21(3,4)5/h6-10H,11-12H2,1-5H3. The molecule has 0 aliphatic heterocycles. The molecule has 29 heavy (non-hydrogen) atoms. The molecule has 0 fully saturated rings.